The summed E-state index contributed by atoms with van der Waals surface area (Å²) >= 11 is 1.77. The largest absolute Gasteiger partial charge is 0.414 e. The number of thioether (sulfide) groups is 1. The lowest BCUT2D eigenvalue weighted by Crippen LogP contribution is -2.39. The van der Waals surface area contributed by atoms with Crippen LogP contribution in [0.2, 0.25) is 0 Å². The highest BCUT2D eigenvalue weighted by molar-refractivity contribution is 7.98. The van der Waals surface area contributed by atoms with E-state index in [9.17, 15) is 4.79 Å². The monoisotopic (exact) mass is 452 g/mol. The highest BCUT2D eigenvalue weighted by Crippen LogP contribution is 2.28. The second-order valence-corrected chi connectivity index (χ2v) is 9.49. The van der Waals surface area contributed by atoms with Crippen LogP contribution in [-0.4, -0.2) is 57.7 Å². The summed E-state index contributed by atoms with van der Waals surface area (Å²) in [6.45, 7) is 13.9. The summed E-state index contributed by atoms with van der Waals surface area (Å²) in [5, 5.41) is 0. The third kappa shape index (κ3) is 7.51. The molecule has 0 N–H and O–H groups in total. The van der Waals surface area contributed by atoms with Crippen molar-refractivity contribution in [2.24, 2.45) is 5.92 Å². The smallest absolute Gasteiger partial charge is 0.285 e. The minimum Gasteiger partial charge on any atom is -0.414 e. The third-order valence-electron chi connectivity index (χ3n) is 5.71. The molecule has 0 saturated carbocycles. The summed E-state index contributed by atoms with van der Waals surface area (Å²) in [4.78, 5) is 19.3. The molecule has 0 fully saturated rings. The first-order valence-electron chi connectivity index (χ1n) is 11.6. The van der Waals surface area contributed by atoms with Gasteiger partial charge >= 0.3 is 0 Å². The van der Waals surface area contributed by atoms with Crippen LogP contribution in [-0.2, 0) is 11.2 Å². The maximum absolute atomic E-state index is 11.6. The molecule has 2 aromatic rings. The minimum absolute atomic E-state index is 0.105. The van der Waals surface area contributed by atoms with E-state index in [4.69, 9.17) is 0 Å². The maximum Gasteiger partial charge on any atom is 0.285 e. The molecule has 0 bridgehead atoms. The molecule has 0 aliphatic carbocycles. The van der Waals surface area contributed by atoms with Crippen LogP contribution in [0, 0.1) is 5.92 Å². The van der Waals surface area contributed by atoms with Gasteiger partial charge in [0.15, 0.2) is 0 Å². The van der Waals surface area contributed by atoms with Crippen molar-refractivity contribution in [2.75, 3.05) is 49.2 Å². The number of hydrogen-bond acceptors (Lipinski definition) is 4. The molecule has 2 aromatic carbocycles. The third-order valence-corrected chi connectivity index (χ3v) is 6.48. The van der Waals surface area contributed by atoms with E-state index in [-0.39, 0.29) is 5.91 Å². The zero-order valence-electron chi connectivity index (χ0n) is 20.9. The second kappa shape index (κ2) is 12.8. The number of amides is 1. The van der Waals surface area contributed by atoms with E-state index in [2.05, 4.69) is 93.5 Å². The van der Waals surface area contributed by atoms with Crippen molar-refractivity contribution >= 4 is 41.9 Å². The van der Waals surface area contributed by atoms with Gasteiger partial charge < -0.3 is 14.6 Å². The molecule has 0 spiro atoms. The van der Waals surface area contributed by atoms with Crippen LogP contribution in [0.15, 0.2) is 47.4 Å². The zero-order chi connectivity index (χ0) is 23.7. The van der Waals surface area contributed by atoms with Crippen molar-refractivity contribution in [3.05, 3.63) is 48.0 Å². The standard InChI is InChI=1S/C26H39BN3OS/c1-8-22-10-13-24(14-11-22)30(19-20(3)4)27-23-12-15-25(26(18-23)32-7)29(9-2)17-16-28(6)21(5)31/h10-15,18,20H,8-9,16-17,19H2,1-7H3. The van der Waals surface area contributed by atoms with Gasteiger partial charge in [-0.25, -0.2) is 0 Å². The molecule has 32 heavy (non-hydrogen) atoms. The first-order valence-corrected chi connectivity index (χ1v) is 12.9. The van der Waals surface area contributed by atoms with Gasteiger partial charge in [-0.3, -0.25) is 4.79 Å². The van der Waals surface area contributed by atoms with Crippen molar-refractivity contribution in [2.45, 2.75) is 45.9 Å². The summed E-state index contributed by atoms with van der Waals surface area (Å²) in [5.41, 5.74) is 5.03. The molecule has 0 heterocycles. The van der Waals surface area contributed by atoms with Gasteiger partial charge in [0.25, 0.3) is 7.41 Å². The van der Waals surface area contributed by atoms with Crippen LogP contribution < -0.4 is 15.2 Å². The molecule has 0 unspecified atom stereocenters. The number of likely N-dealkylation sites (N-methyl/N-ethyl adjacent to an activating group) is 2. The molecule has 1 radical (unpaired) electrons. The fraction of sp³-hybridized carbons (Fsp3) is 0.500. The van der Waals surface area contributed by atoms with E-state index in [0.29, 0.717) is 5.92 Å². The van der Waals surface area contributed by atoms with E-state index >= 15 is 0 Å². The Balaban J connectivity index is 2.23. The summed E-state index contributed by atoms with van der Waals surface area (Å²) in [6.07, 6.45) is 3.19. The van der Waals surface area contributed by atoms with Crippen molar-refractivity contribution in [3.63, 3.8) is 0 Å². The molecule has 4 nitrogen and oxygen atoms in total. The Hall–Kier alpha value is -2.08. The Bertz CT molecular complexity index is 857. The minimum atomic E-state index is 0.105. The molecule has 0 aliphatic heterocycles. The highest BCUT2D eigenvalue weighted by atomic mass is 32.2. The predicted molar refractivity (Wildman–Crippen MR) is 143 cm³/mol. The molecule has 6 heteroatoms. The zero-order valence-corrected chi connectivity index (χ0v) is 21.7. The van der Waals surface area contributed by atoms with Crippen molar-refractivity contribution in [3.8, 4) is 0 Å². The fourth-order valence-corrected chi connectivity index (χ4v) is 4.30. The van der Waals surface area contributed by atoms with Gasteiger partial charge in [0, 0.05) is 50.7 Å². The molecule has 0 atom stereocenters. The number of carbonyl (C=O) groups is 1. The summed E-state index contributed by atoms with van der Waals surface area (Å²) in [5.74, 6) is 0.665. The van der Waals surface area contributed by atoms with Gasteiger partial charge in [-0.1, -0.05) is 50.5 Å². The van der Waals surface area contributed by atoms with Gasteiger partial charge in [-0.15, -0.1) is 11.8 Å². The molecule has 2 rings (SSSR count). The van der Waals surface area contributed by atoms with Crippen LogP contribution in [0.3, 0.4) is 0 Å². The Morgan fingerprint density at radius 2 is 1.75 bits per heavy atom. The summed E-state index contributed by atoms with van der Waals surface area (Å²) in [6, 6.07) is 15.6. The Morgan fingerprint density at radius 1 is 1.06 bits per heavy atom. The number of hydrogen-bond donors (Lipinski definition) is 0. The number of carbonyl (C=O) groups excluding carboxylic acids is 1. The number of anilines is 2. The van der Waals surface area contributed by atoms with Crippen LogP contribution in [0.25, 0.3) is 0 Å². The molecule has 0 aliphatic rings. The molecule has 0 aromatic heterocycles. The number of nitrogens with zero attached hydrogens (tertiary/aromatic N) is 3. The first-order chi connectivity index (χ1) is 15.3. The Kier molecular flexibility index (Phi) is 10.5. The lowest BCUT2D eigenvalue weighted by molar-refractivity contribution is -0.127. The van der Waals surface area contributed by atoms with E-state index in [1.54, 1.807) is 23.6 Å². The Labute approximate surface area is 200 Å². The highest BCUT2D eigenvalue weighted by Gasteiger charge is 2.16. The molecular weight excluding hydrogens is 413 g/mol. The van der Waals surface area contributed by atoms with Gasteiger partial charge in [-0.05, 0) is 49.3 Å². The first kappa shape index (κ1) is 26.2. The normalized spacial score (nSPS) is 10.9. The van der Waals surface area contributed by atoms with Crippen LogP contribution >= 0.6 is 11.8 Å². The molecule has 173 valence electrons. The number of rotatable bonds is 12. The van der Waals surface area contributed by atoms with E-state index in [0.717, 1.165) is 32.6 Å². The topological polar surface area (TPSA) is 26.8 Å². The Morgan fingerprint density at radius 3 is 2.28 bits per heavy atom. The lowest BCUT2D eigenvalue weighted by Gasteiger charge is -2.29. The average Bonchev–Trinajstić information content (AvgIpc) is 2.79. The molecular formula is C26H39BN3OS. The van der Waals surface area contributed by atoms with Crippen molar-refractivity contribution in [1.29, 1.82) is 0 Å². The van der Waals surface area contributed by atoms with Crippen LogP contribution in [0.5, 0.6) is 0 Å². The SMILES string of the molecule is CCc1ccc(N([B]c2ccc(N(CC)CCN(C)C(C)=O)c(SC)c2)CC(C)C)cc1. The van der Waals surface area contributed by atoms with Gasteiger partial charge in [0.2, 0.25) is 5.91 Å². The quantitative estimate of drug-likeness (QED) is 0.345. The van der Waals surface area contributed by atoms with Crippen molar-refractivity contribution in [1.82, 2.24) is 4.90 Å². The molecule has 0 saturated heterocycles. The van der Waals surface area contributed by atoms with Crippen LogP contribution in [0.1, 0.15) is 40.2 Å². The van der Waals surface area contributed by atoms with E-state index < -0.39 is 0 Å². The number of aryl methyl sites for hydroxylation is 1. The maximum atomic E-state index is 11.6. The average molecular weight is 452 g/mol. The van der Waals surface area contributed by atoms with Crippen LogP contribution in [0.4, 0.5) is 11.4 Å². The summed E-state index contributed by atoms with van der Waals surface area (Å²) < 4.78 is 0. The van der Waals surface area contributed by atoms with E-state index in [1.807, 2.05) is 7.05 Å². The van der Waals surface area contributed by atoms with Gasteiger partial charge in [0.05, 0.1) is 5.69 Å². The molecule has 1 amide bonds. The van der Waals surface area contributed by atoms with Gasteiger partial charge in [-0.2, -0.15) is 0 Å². The summed E-state index contributed by atoms with van der Waals surface area (Å²) in [7, 11) is 4.13. The van der Waals surface area contributed by atoms with Gasteiger partial charge in [0.1, 0.15) is 0 Å². The fourth-order valence-electron chi connectivity index (χ4n) is 3.64. The number of benzene rings is 2. The van der Waals surface area contributed by atoms with E-state index in [1.165, 1.54) is 27.3 Å². The predicted octanol–water partition coefficient (Wildman–Crippen LogP) is 4.68. The van der Waals surface area contributed by atoms with Crippen molar-refractivity contribution < 1.29 is 4.79 Å². The second-order valence-electron chi connectivity index (χ2n) is 8.65. The lowest BCUT2D eigenvalue weighted by atomic mass is 9.79.